The molecule has 4 N–H and O–H groups in total. The third kappa shape index (κ3) is 12.3. The van der Waals surface area contributed by atoms with E-state index < -0.39 is 24.1 Å². The van der Waals surface area contributed by atoms with Crippen molar-refractivity contribution in [2.75, 3.05) is 39.5 Å². The van der Waals surface area contributed by atoms with Crippen molar-refractivity contribution in [3.05, 3.63) is 65.5 Å². The Labute approximate surface area is 269 Å². The van der Waals surface area contributed by atoms with Gasteiger partial charge in [-0.05, 0) is 72.9 Å². The number of carboxylic acid groups (broad SMARTS) is 2. The number of halogens is 1. The molecular formula is C34H47FN2O9. The summed E-state index contributed by atoms with van der Waals surface area (Å²) >= 11 is 0. The molecule has 2 atom stereocenters. The van der Waals surface area contributed by atoms with Crippen molar-refractivity contribution in [3.63, 3.8) is 0 Å². The van der Waals surface area contributed by atoms with Gasteiger partial charge in [0.25, 0.3) is 0 Å². The zero-order chi connectivity index (χ0) is 33.6. The van der Waals surface area contributed by atoms with Gasteiger partial charge in [0, 0.05) is 45.4 Å². The number of aliphatic hydroxyl groups excluding tert-OH is 2. The number of ether oxygens (including phenoxy) is 2. The monoisotopic (exact) mass is 646 g/mol. The van der Waals surface area contributed by atoms with E-state index in [9.17, 15) is 18.8 Å². The highest BCUT2D eigenvalue weighted by atomic mass is 19.1. The number of aliphatic carboxylic acids is 2. The lowest BCUT2D eigenvalue weighted by Crippen LogP contribution is -2.48. The van der Waals surface area contributed by atoms with Gasteiger partial charge in [-0.25, -0.2) is 14.0 Å². The maximum Gasteiger partial charge on any atom is 0.335 e. The first-order chi connectivity index (χ1) is 21.9. The normalized spacial score (nSPS) is 17.4. The Hall–Kier alpha value is -3.58. The molecule has 2 aliphatic rings. The van der Waals surface area contributed by atoms with Crippen molar-refractivity contribution in [1.82, 2.24) is 9.80 Å². The summed E-state index contributed by atoms with van der Waals surface area (Å²) in [5.74, 6) is -1.64. The molecule has 0 radical (unpaired) electrons. The second-order valence-electron chi connectivity index (χ2n) is 12.3. The maximum atomic E-state index is 13.6. The Morgan fingerprint density at radius 1 is 0.891 bits per heavy atom. The van der Waals surface area contributed by atoms with Crippen LogP contribution in [0.4, 0.5) is 4.39 Å². The molecule has 2 aromatic rings. The van der Waals surface area contributed by atoms with Crippen molar-refractivity contribution in [2.45, 2.75) is 70.7 Å². The van der Waals surface area contributed by atoms with Crippen LogP contribution < -0.4 is 4.74 Å². The Morgan fingerprint density at radius 3 is 1.96 bits per heavy atom. The molecule has 0 spiro atoms. The van der Waals surface area contributed by atoms with Crippen molar-refractivity contribution in [3.8, 4) is 5.75 Å². The van der Waals surface area contributed by atoms with Gasteiger partial charge in [-0.15, -0.1) is 0 Å². The van der Waals surface area contributed by atoms with Crippen LogP contribution in [0.25, 0.3) is 0 Å². The average Bonchev–Trinajstić information content (AvgIpc) is 3.04. The standard InChI is InChI=1S/C30H41FN2O3.C4H6O6/c1-23(2)22-36-29-9-5-24(6-10-29)19-30(34)33(21-25-3-7-27(31)8-4-25)28-11-15-32(16-12-28)20-26-13-17-35-18-14-26;5-1(3(7)8)2(6)4(9)10/h3-10,23,26,28H,11-22H2,1-2H3;1-2,5-6H,(H,7,8)(H,9,10). The van der Waals surface area contributed by atoms with E-state index in [0.717, 1.165) is 81.3 Å². The van der Waals surface area contributed by atoms with Crippen LogP contribution in [0.1, 0.15) is 50.7 Å². The zero-order valence-corrected chi connectivity index (χ0v) is 26.6. The van der Waals surface area contributed by atoms with Crippen molar-refractivity contribution in [2.24, 2.45) is 11.8 Å². The second-order valence-corrected chi connectivity index (χ2v) is 12.3. The molecule has 2 fully saturated rings. The largest absolute Gasteiger partial charge is 0.493 e. The minimum Gasteiger partial charge on any atom is -0.493 e. The SMILES string of the molecule is CC(C)COc1ccc(CC(=O)N(Cc2ccc(F)cc2)C2CCN(CC3CCOCC3)CC2)cc1.O=C(O)C(O)C(O)C(=O)O. The van der Waals surface area contributed by atoms with Gasteiger partial charge in [0.1, 0.15) is 11.6 Å². The van der Waals surface area contributed by atoms with Crippen LogP contribution in [0.15, 0.2) is 48.5 Å². The van der Waals surface area contributed by atoms with E-state index in [2.05, 4.69) is 18.7 Å². The summed E-state index contributed by atoms with van der Waals surface area (Å²) in [5, 5.41) is 32.5. The molecule has 1 amide bonds. The minimum absolute atomic E-state index is 0.123. The Kier molecular flexibility index (Phi) is 14.9. The zero-order valence-electron chi connectivity index (χ0n) is 26.6. The van der Waals surface area contributed by atoms with Gasteiger partial charge in [0.15, 0.2) is 12.2 Å². The highest BCUT2D eigenvalue weighted by Gasteiger charge is 2.30. The molecule has 11 nitrogen and oxygen atoms in total. The van der Waals surface area contributed by atoms with Crippen molar-refractivity contribution >= 4 is 17.8 Å². The highest BCUT2D eigenvalue weighted by molar-refractivity contribution is 5.83. The lowest BCUT2D eigenvalue weighted by molar-refractivity contribution is -0.165. The smallest absolute Gasteiger partial charge is 0.335 e. The molecular weight excluding hydrogens is 599 g/mol. The number of likely N-dealkylation sites (tertiary alicyclic amines) is 1. The van der Waals surface area contributed by atoms with E-state index in [0.29, 0.717) is 25.5 Å². The van der Waals surface area contributed by atoms with Gasteiger partial charge in [-0.1, -0.05) is 38.1 Å². The van der Waals surface area contributed by atoms with Crippen molar-refractivity contribution < 1.29 is 48.7 Å². The first kappa shape index (κ1) is 36.9. The number of carboxylic acids is 2. The number of piperidine rings is 1. The molecule has 0 aliphatic carbocycles. The van der Waals surface area contributed by atoms with E-state index >= 15 is 0 Å². The molecule has 254 valence electrons. The number of aliphatic hydroxyl groups is 2. The van der Waals surface area contributed by atoms with E-state index in [1.165, 1.54) is 12.1 Å². The first-order valence-corrected chi connectivity index (χ1v) is 15.8. The quantitative estimate of drug-likeness (QED) is 0.255. The predicted molar refractivity (Wildman–Crippen MR) is 168 cm³/mol. The predicted octanol–water partition coefficient (Wildman–Crippen LogP) is 3.20. The minimum atomic E-state index is -2.27. The van der Waals surface area contributed by atoms with Crippen LogP contribution >= 0.6 is 0 Å². The summed E-state index contributed by atoms with van der Waals surface area (Å²) in [6.45, 7) is 10.4. The molecule has 2 aliphatic heterocycles. The Bertz CT molecular complexity index is 1210. The molecule has 46 heavy (non-hydrogen) atoms. The fourth-order valence-corrected chi connectivity index (χ4v) is 5.43. The van der Waals surface area contributed by atoms with Crippen LogP contribution in [0.5, 0.6) is 5.75 Å². The average molecular weight is 647 g/mol. The number of nitrogens with zero attached hydrogens (tertiary/aromatic N) is 2. The lowest BCUT2D eigenvalue weighted by Gasteiger charge is -2.40. The molecule has 0 aromatic heterocycles. The second kappa shape index (κ2) is 18.5. The Morgan fingerprint density at radius 2 is 1.43 bits per heavy atom. The van der Waals surface area contributed by atoms with Gasteiger partial charge in [-0.2, -0.15) is 0 Å². The van der Waals surface area contributed by atoms with E-state index in [1.54, 1.807) is 12.1 Å². The van der Waals surface area contributed by atoms with E-state index in [1.807, 2.05) is 29.2 Å². The van der Waals surface area contributed by atoms with Crippen LogP contribution in [0.2, 0.25) is 0 Å². The summed E-state index contributed by atoms with van der Waals surface area (Å²) < 4.78 is 24.8. The third-order valence-electron chi connectivity index (χ3n) is 8.11. The summed E-state index contributed by atoms with van der Waals surface area (Å²) in [7, 11) is 0. The van der Waals surface area contributed by atoms with Gasteiger partial charge in [0.05, 0.1) is 13.0 Å². The molecule has 2 saturated heterocycles. The van der Waals surface area contributed by atoms with Gasteiger partial charge >= 0.3 is 11.9 Å². The van der Waals surface area contributed by atoms with E-state index in [-0.39, 0.29) is 17.8 Å². The number of carbonyl (C=O) groups excluding carboxylic acids is 1. The van der Waals surface area contributed by atoms with Crippen LogP contribution in [-0.2, 0) is 32.1 Å². The van der Waals surface area contributed by atoms with Crippen LogP contribution in [-0.4, -0.2) is 106 Å². The first-order valence-electron chi connectivity index (χ1n) is 15.8. The molecule has 0 bridgehead atoms. The van der Waals surface area contributed by atoms with Crippen LogP contribution in [0.3, 0.4) is 0 Å². The molecule has 0 saturated carbocycles. The number of hydrogen-bond acceptors (Lipinski definition) is 8. The Balaban J connectivity index is 0.000000498. The summed E-state index contributed by atoms with van der Waals surface area (Å²) in [6, 6.07) is 14.6. The molecule has 2 aromatic carbocycles. The van der Waals surface area contributed by atoms with Crippen LogP contribution in [0, 0.1) is 17.7 Å². The lowest BCUT2D eigenvalue weighted by atomic mass is 9.96. The highest BCUT2D eigenvalue weighted by Crippen LogP contribution is 2.24. The van der Waals surface area contributed by atoms with Gasteiger partial charge < -0.3 is 39.7 Å². The third-order valence-corrected chi connectivity index (χ3v) is 8.11. The summed E-state index contributed by atoms with van der Waals surface area (Å²) in [4.78, 5) is 37.7. The van der Waals surface area contributed by atoms with Gasteiger partial charge in [0.2, 0.25) is 5.91 Å². The summed E-state index contributed by atoms with van der Waals surface area (Å²) in [6.07, 6.45) is 0.0619. The number of rotatable bonds is 13. The fourth-order valence-electron chi connectivity index (χ4n) is 5.43. The molecule has 4 rings (SSSR count). The molecule has 2 unspecified atom stereocenters. The van der Waals surface area contributed by atoms with Crippen molar-refractivity contribution in [1.29, 1.82) is 0 Å². The topological polar surface area (TPSA) is 157 Å². The number of hydrogen-bond donors (Lipinski definition) is 4. The fraction of sp³-hybridized carbons (Fsp3) is 0.559. The maximum absolute atomic E-state index is 13.6. The number of benzene rings is 2. The summed E-state index contributed by atoms with van der Waals surface area (Å²) in [5.41, 5.74) is 1.95. The molecule has 2 heterocycles. The number of amides is 1. The van der Waals surface area contributed by atoms with E-state index in [4.69, 9.17) is 29.9 Å². The molecule has 12 heteroatoms. The number of carbonyl (C=O) groups is 3. The van der Waals surface area contributed by atoms with Gasteiger partial charge in [-0.3, -0.25) is 4.79 Å².